The van der Waals surface area contributed by atoms with Crippen molar-refractivity contribution in [3.8, 4) is 0 Å². The minimum absolute atomic E-state index is 0. The molecule has 0 aliphatic carbocycles. The van der Waals surface area contributed by atoms with Gasteiger partial charge < -0.3 is 15.5 Å². The zero-order valence-corrected chi connectivity index (χ0v) is 16.1. The van der Waals surface area contributed by atoms with Gasteiger partial charge in [0.25, 0.3) is 0 Å². The summed E-state index contributed by atoms with van der Waals surface area (Å²) < 4.78 is 0. The highest BCUT2D eigenvalue weighted by molar-refractivity contribution is 14.0. The van der Waals surface area contributed by atoms with Crippen LogP contribution in [0.5, 0.6) is 0 Å². The van der Waals surface area contributed by atoms with Crippen molar-refractivity contribution in [1.29, 1.82) is 0 Å². The monoisotopic (exact) mass is 404 g/mol. The Morgan fingerprint density at radius 2 is 1.81 bits per heavy atom. The molecule has 0 saturated heterocycles. The molecule has 0 heterocycles. The fourth-order valence-electron chi connectivity index (χ4n) is 2.01. The van der Waals surface area contributed by atoms with Gasteiger partial charge in [-0.05, 0) is 39.9 Å². The fraction of sp³-hybridized carbons (Fsp3) is 0.562. The van der Waals surface area contributed by atoms with Crippen LogP contribution in [0.1, 0.15) is 19.4 Å². The van der Waals surface area contributed by atoms with E-state index in [0.717, 1.165) is 18.9 Å². The van der Waals surface area contributed by atoms with Gasteiger partial charge in [-0.2, -0.15) is 0 Å². The summed E-state index contributed by atoms with van der Waals surface area (Å²) in [6, 6.07) is 11.4. The number of benzene rings is 1. The summed E-state index contributed by atoms with van der Waals surface area (Å²) in [7, 11) is 6.04. The van der Waals surface area contributed by atoms with E-state index >= 15 is 0 Å². The molecular formula is C16H29IN4. The molecule has 0 spiro atoms. The molecule has 5 heteroatoms. The summed E-state index contributed by atoms with van der Waals surface area (Å²) in [5, 5.41) is 6.71. The van der Waals surface area contributed by atoms with Gasteiger partial charge in [-0.3, -0.25) is 4.99 Å². The molecular weight excluding hydrogens is 375 g/mol. The maximum atomic E-state index is 4.24. The fourth-order valence-corrected chi connectivity index (χ4v) is 2.01. The van der Waals surface area contributed by atoms with E-state index in [1.54, 1.807) is 7.05 Å². The molecule has 0 aliphatic rings. The van der Waals surface area contributed by atoms with E-state index in [2.05, 4.69) is 78.8 Å². The van der Waals surface area contributed by atoms with Crippen LogP contribution in [0, 0.1) is 0 Å². The van der Waals surface area contributed by atoms with Crippen LogP contribution in [0.4, 0.5) is 0 Å². The number of hydrogen-bond donors (Lipinski definition) is 2. The highest BCUT2D eigenvalue weighted by Gasteiger charge is 2.13. The highest BCUT2D eigenvalue weighted by atomic mass is 127. The number of guanidine groups is 1. The van der Waals surface area contributed by atoms with Gasteiger partial charge in [-0.25, -0.2) is 0 Å². The third-order valence-electron chi connectivity index (χ3n) is 3.20. The smallest absolute Gasteiger partial charge is 0.191 e. The minimum atomic E-state index is 0. The Hall–Kier alpha value is -0.820. The summed E-state index contributed by atoms with van der Waals surface area (Å²) >= 11 is 0. The number of nitrogens with one attached hydrogen (secondary N) is 2. The molecule has 1 aromatic carbocycles. The first-order valence-electron chi connectivity index (χ1n) is 7.20. The first-order valence-corrected chi connectivity index (χ1v) is 7.20. The van der Waals surface area contributed by atoms with Crippen LogP contribution in [-0.4, -0.2) is 50.6 Å². The molecule has 0 bridgehead atoms. The van der Waals surface area contributed by atoms with E-state index in [1.807, 2.05) is 0 Å². The normalized spacial score (nSPS) is 13.0. The third kappa shape index (κ3) is 8.26. The predicted octanol–water partition coefficient (Wildman–Crippen LogP) is 2.35. The average Bonchev–Trinajstić information content (AvgIpc) is 2.42. The molecule has 0 aliphatic heterocycles. The maximum Gasteiger partial charge on any atom is 0.191 e. The molecule has 0 radical (unpaired) electrons. The molecule has 0 amide bonds. The lowest BCUT2D eigenvalue weighted by Crippen LogP contribution is -2.47. The zero-order valence-electron chi connectivity index (χ0n) is 13.8. The molecule has 120 valence electrons. The molecule has 21 heavy (non-hydrogen) atoms. The van der Waals surface area contributed by atoms with Gasteiger partial charge in [0, 0.05) is 25.7 Å². The second-order valence-electron chi connectivity index (χ2n) is 5.56. The number of hydrogen-bond acceptors (Lipinski definition) is 2. The van der Waals surface area contributed by atoms with E-state index < -0.39 is 0 Å². The van der Waals surface area contributed by atoms with Crippen molar-refractivity contribution in [2.24, 2.45) is 4.99 Å². The van der Waals surface area contributed by atoms with Crippen molar-refractivity contribution >= 4 is 29.9 Å². The van der Waals surface area contributed by atoms with E-state index in [1.165, 1.54) is 5.56 Å². The van der Waals surface area contributed by atoms with E-state index in [4.69, 9.17) is 0 Å². The number of halogens is 1. The number of likely N-dealkylation sites (N-methyl/N-ethyl adjacent to an activating group) is 1. The SMILES string of the molecule is CN=C(NCC(Cc1ccccc1)N(C)C)NC(C)C.I. The van der Waals surface area contributed by atoms with Crippen molar-refractivity contribution in [3.63, 3.8) is 0 Å². The number of rotatable bonds is 6. The summed E-state index contributed by atoms with van der Waals surface area (Å²) in [5.41, 5.74) is 1.36. The number of aliphatic imine (C=N–C) groups is 1. The predicted molar refractivity (Wildman–Crippen MR) is 103 cm³/mol. The second-order valence-corrected chi connectivity index (χ2v) is 5.56. The average molecular weight is 404 g/mol. The summed E-state index contributed by atoms with van der Waals surface area (Å²) in [5.74, 6) is 0.861. The van der Waals surface area contributed by atoms with Gasteiger partial charge in [0.05, 0.1) is 0 Å². The molecule has 0 fully saturated rings. The molecule has 4 nitrogen and oxygen atoms in total. The van der Waals surface area contributed by atoms with Crippen molar-refractivity contribution < 1.29 is 0 Å². The third-order valence-corrected chi connectivity index (χ3v) is 3.20. The Kier molecular flexibility index (Phi) is 10.4. The van der Waals surface area contributed by atoms with Crippen LogP contribution in [0.25, 0.3) is 0 Å². The first kappa shape index (κ1) is 20.2. The van der Waals surface area contributed by atoms with Gasteiger partial charge in [0.2, 0.25) is 0 Å². The van der Waals surface area contributed by atoms with Gasteiger partial charge in [-0.1, -0.05) is 30.3 Å². The molecule has 1 atom stereocenters. The molecule has 0 saturated carbocycles. The van der Waals surface area contributed by atoms with Crippen molar-refractivity contribution in [2.75, 3.05) is 27.7 Å². The maximum absolute atomic E-state index is 4.24. The number of nitrogens with zero attached hydrogens (tertiary/aromatic N) is 2. The van der Waals surface area contributed by atoms with Crippen LogP contribution in [0.3, 0.4) is 0 Å². The first-order chi connectivity index (χ1) is 9.52. The van der Waals surface area contributed by atoms with E-state index in [0.29, 0.717) is 12.1 Å². The Labute approximate surface area is 146 Å². The van der Waals surface area contributed by atoms with Crippen molar-refractivity contribution in [3.05, 3.63) is 35.9 Å². The molecule has 0 aromatic heterocycles. The summed E-state index contributed by atoms with van der Waals surface area (Å²) in [4.78, 5) is 6.50. The molecule has 1 rings (SSSR count). The van der Waals surface area contributed by atoms with Crippen molar-refractivity contribution in [1.82, 2.24) is 15.5 Å². The molecule has 1 aromatic rings. The molecule has 2 N–H and O–H groups in total. The zero-order chi connectivity index (χ0) is 15.0. The van der Waals surface area contributed by atoms with Gasteiger partial charge >= 0.3 is 0 Å². The minimum Gasteiger partial charge on any atom is -0.355 e. The second kappa shape index (κ2) is 10.8. The lowest BCUT2D eigenvalue weighted by Gasteiger charge is -2.26. The highest BCUT2D eigenvalue weighted by Crippen LogP contribution is 2.06. The van der Waals surface area contributed by atoms with Gasteiger partial charge in [-0.15, -0.1) is 24.0 Å². The largest absolute Gasteiger partial charge is 0.355 e. The Morgan fingerprint density at radius 1 is 1.19 bits per heavy atom. The van der Waals surface area contributed by atoms with Crippen LogP contribution < -0.4 is 10.6 Å². The van der Waals surface area contributed by atoms with Crippen LogP contribution in [0.2, 0.25) is 0 Å². The lowest BCUT2D eigenvalue weighted by atomic mass is 10.1. The van der Waals surface area contributed by atoms with Crippen LogP contribution in [-0.2, 0) is 6.42 Å². The van der Waals surface area contributed by atoms with Gasteiger partial charge in [0.1, 0.15) is 0 Å². The van der Waals surface area contributed by atoms with E-state index in [-0.39, 0.29) is 24.0 Å². The topological polar surface area (TPSA) is 39.7 Å². The standard InChI is InChI=1S/C16H28N4.HI/c1-13(2)19-16(17-3)18-12-15(20(4)5)11-14-9-7-6-8-10-14;/h6-10,13,15H,11-12H2,1-5H3,(H2,17,18,19);1H. The summed E-state index contributed by atoms with van der Waals surface area (Å²) in [6.45, 7) is 5.09. The van der Waals surface area contributed by atoms with E-state index in [9.17, 15) is 0 Å². The Morgan fingerprint density at radius 3 is 2.29 bits per heavy atom. The molecule has 1 unspecified atom stereocenters. The van der Waals surface area contributed by atoms with Crippen LogP contribution >= 0.6 is 24.0 Å². The lowest BCUT2D eigenvalue weighted by molar-refractivity contribution is 0.290. The Balaban J connectivity index is 0.00000400. The summed E-state index contributed by atoms with van der Waals surface area (Å²) in [6.07, 6.45) is 1.03. The van der Waals surface area contributed by atoms with Crippen molar-refractivity contribution in [2.45, 2.75) is 32.4 Å². The van der Waals surface area contributed by atoms with Gasteiger partial charge in [0.15, 0.2) is 5.96 Å². The quantitative estimate of drug-likeness (QED) is 0.435. The van der Waals surface area contributed by atoms with Crippen LogP contribution in [0.15, 0.2) is 35.3 Å². The Bertz CT molecular complexity index is 404.